The van der Waals surface area contributed by atoms with E-state index in [-0.39, 0.29) is 10.5 Å². The van der Waals surface area contributed by atoms with Crippen molar-refractivity contribution in [1.29, 1.82) is 5.26 Å². The molecule has 1 N–H and O–H groups in total. The number of nitriles is 1. The van der Waals surface area contributed by atoms with Crippen molar-refractivity contribution >= 4 is 27.5 Å². The summed E-state index contributed by atoms with van der Waals surface area (Å²) in [7, 11) is -4.07. The summed E-state index contributed by atoms with van der Waals surface area (Å²) >= 11 is 6.24. The highest BCUT2D eigenvalue weighted by atomic mass is 35.5. The van der Waals surface area contributed by atoms with Crippen LogP contribution in [0.5, 0.6) is 0 Å². The van der Waals surface area contributed by atoms with Crippen LogP contribution < -0.4 is 4.72 Å². The maximum absolute atomic E-state index is 13.0. The second kappa shape index (κ2) is 6.75. The summed E-state index contributed by atoms with van der Waals surface area (Å²) in [6, 6.07) is 12.8. The number of carbonyl (C=O) groups excluding carboxylic acids is 1. The van der Waals surface area contributed by atoms with Crippen LogP contribution in [0.4, 0.5) is 0 Å². The van der Waals surface area contributed by atoms with Gasteiger partial charge in [-0.1, -0.05) is 36.7 Å². The average molecular weight is 389 g/mol. The van der Waals surface area contributed by atoms with Crippen LogP contribution in [0.3, 0.4) is 0 Å². The molecule has 0 bridgehead atoms. The van der Waals surface area contributed by atoms with Crippen molar-refractivity contribution in [2.75, 3.05) is 0 Å². The number of hydrogen-bond donors (Lipinski definition) is 1. The molecule has 2 aromatic carbocycles. The van der Waals surface area contributed by atoms with Crippen LogP contribution in [0.1, 0.15) is 36.5 Å². The molecule has 5 nitrogen and oxygen atoms in total. The van der Waals surface area contributed by atoms with Crippen molar-refractivity contribution in [3.05, 3.63) is 64.2 Å². The van der Waals surface area contributed by atoms with Gasteiger partial charge in [-0.05, 0) is 54.7 Å². The predicted molar refractivity (Wildman–Crippen MR) is 98.2 cm³/mol. The lowest BCUT2D eigenvalue weighted by molar-refractivity contribution is -0.125. The Morgan fingerprint density at radius 2 is 2.04 bits per heavy atom. The van der Waals surface area contributed by atoms with Gasteiger partial charge in [0.25, 0.3) is 10.0 Å². The van der Waals surface area contributed by atoms with Gasteiger partial charge < -0.3 is 0 Å². The van der Waals surface area contributed by atoms with Crippen molar-refractivity contribution in [3.63, 3.8) is 0 Å². The van der Waals surface area contributed by atoms with Crippen LogP contribution in [0.15, 0.2) is 47.4 Å². The van der Waals surface area contributed by atoms with Gasteiger partial charge in [-0.25, -0.2) is 13.1 Å². The fourth-order valence-electron chi connectivity index (χ4n) is 3.51. The lowest BCUT2D eigenvalue weighted by Crippen LogP contribution is -2.45. The molecule has 0 aliphatic heterocycles. The van der Waals surface area contributed by atoms with E-state index in [9.17, 15) is 13.2 Å². The van der Waals surface area contributed by atoms with Gasteiger partial charge in [0.2, 0.25) is 5.91 Å². The summed E-state index contributed by atoms with van der Waals surface area (Å²) in [5.74, 6) is -0.566. The quantitative estimate of drug-likeness (QED) is 0.870. The van der Waals surface area contributed by atoms with Crippen LogP contribution in [0.2, 0.25) is 5.02 Å². The molecule has 1 atom stereocenters. The summed E-state index contributed by atoms with van der Waals surface area (Å²) in [6.07, 6.45) is 1.59. The molecule has 1 aliphatic rings. The van der Waals surface area contributed by atoms with Gasteiger partial charge in [0, 0.05) is 5.02 Å². The van der Waals surface area contributed by atoms with E-state index in [1.807, 2.05) is 19.1 Å². The zero-order chi connectivity index (χ0) is 18.9. The second-order valence-corrected chi connectivity index (χ2v) is 8.37. The third-order valence-corrected chi connectivity index (χ3v) is 6.66. The van der Waals surface area contributed by atoms with E-state index in [0.717, 1.165) is 11.1 Å². The van der Waals surface area contributed by atoms with Crippen LogP contribution >= 0.6 is 11.6 Å². The van der Waals surface area contributed by atoms with E-state index < -0.39 is 21.3 Å². The Morgan fingerprint density at radius 1 is 1.31 bits per heavy atom. The van der Waals surface area contributed by atoms with Crippen molar-refractivity contribution in [1.82, 2.24) is 4.72 Å². The highest BCUT2D eigenvalue weighted by molar-refractivity contribution is 7.90. The number of carbonyl (C=O) groups is 1. The highest BCUT2D eigenvalue weighted by Crippen LogP contribution is 2.44. The van der Waals surface area contributed by atoms with Gasteiger partial charge in [-0.15, -0.1) is 0 Å². The van der Waals surface area contributed by atoms with Crippen molar-refractivity contribution in [3.8, 4) is 6.07 Å². The fourth-order valence-corrected chi connectivity index (χ4v) is 4.88. The Labute approximate surface area is 157 Å². The van der Waals surface area contributed by atoms with E-state index in [0.29, 0.717) is 24.3 Å². The fraction of sp³-hybridized carbons (Fsp3) is 0.263. The standard InChI is InChI=1S/C19H17ClN2O3S/c1-2-19(10-9-15-16(19)7-4-8-17(15)20)18(23)22-26(24,25)14-6-3-5-13(11-14)12-21/h3-8,11H,2,9-10H2,1H3,(H,22,23). The Kier molecular flexibility index (Phi) is 4.78. The first-order valence-electron chi connectivity index (χ1n) is 8.19. The number of halogens is 1. The second-order valence-electron chi connectivity index (χ2n) is 6.28. The molecule has 2 aromatic rings. The molecule has 1 amide bonds. The van der Waals surface area contributed by atoms with Crippen molar-refractivity contribution < 1.29 is 13.2 Å². The molecule has 1 aliphatic carbocycles. The molecule has 0 aromatic heterocycles. The topological polar surface area (TPSA) is 87.0 Å². The minimum absolute atomic E-state index is 0.111. The first-order chi connectivity index (χ1) is 12.3. The summed E-state index contributed by atoms with van der Waals surface area (Å²) < 4.78 is 27.5. The van der Waals surface area contributed by atoms with Gasteiger partial charge in [-0.3, -0.25) is 4.79 Å². The third kappa shape index (κ3) is 2.98. The molecule has 0 fully saturated rings. The molecule has 0 spiro atoms. The van der Waals surface area contributed by atoms with Gasteiger partial charge in [0.15, 0.2) is 0 Å². The third-order valence-electron chi connectivity index (χ3n) is 4.97. The Hall–Kier alpha value is -2.36. The molecule has 7 heteroatoms. The Balaban J connectivity index is 1.97. The number of nitrogens with one attached hydrogen (secondary N) is 1. The van der Waals surface area contributed by atoms with Crippen LogP contribution in [-0.2, 0) is 26.7 Å². The Morgan fingerprint density at radius 3 is 2.73 bits per heavy atom. The average Bonchev–Trinajstić information content (AvgIpc) is 3.03. The van der Waals surface area contributed by atoms with E-state index >= 15 is 0 Å². The normalized spacial score (nSPS) is 18.8. The molecule has 1 unspecified atom stereocenters. The molecular weight excluding hydrogens is 372 g/mol. The Bertz CT molecular complexity index is 1030. The highest BCUT2D eigenvalue weighted by Gasteiger charge is 2.45. The van der Waals surface area contributed by atoms with E-state index in [2.05, 4.69) is 4.72 Å². The van der Waals surface area contributed by atoms with Crippen LogP contribution in [-0.4, -0.2) is 14.3 Å². The van der Waals surface area contributed by atoms with Crippen LogP contribution in [0, 0.1) is 11.3 Å². The number of amides is 1. The van der Waals surface area contributed by atoms with Gasteiger partial charge in [0.1, 0.15) is 0 Å². The zero-order valence-corrected chi connectivity index (χ0v) is 15.7. The maximum atomic E-state index is 13.0. The monoisotopic (exact) mass is 388 g/mol. The lowest BCUT2D eigenvalue weighted by Gasteiger charge is -2.27. The van der Waals surface area contributed by atoms with Crippen molar-refractivity contribution in [2.24, 2.45) is 0 Å². The van der Waals surface area contributed by atoms with E-state index in [1.165, 1.54) is 24.3 Å². The maximum Gasteiger partial charge on any atom is 0.264 e. The minimum atomic E-state index is -4.07. The predicted octanol–water partition coefficient (Wildman–Crippen LogP) is 3.31. The largest absolute Gasteiger partial charge is 0.273 e. The van der Waals surface area contributed by atoms with Gasteiger partial charge >= 0.3 is 0 Å². The lowest BCUT2D eigenvalue weighted by atomic mass is 9.79. The first kappa shape index (κ1) is 18.4. The smallest absolute Gasteiger partial charge is 0.264 e. The number of benzene rings is 2. The molecule has 3 rings (SSSR count). The summed E-state index contributed by atoms with van der Waals surface area (Å²) in [4.78, 5) is 12.9. The molecule has 0 heterocycles. The minimum Gasteiger partial charge on any atom is -0.273 e. The van der Waals surface area contributed by atoms with Gasteiger partial charge in [-0.2, -0.15) is 5.26 Å². The summed E-state index contributed by atoms with van der Waals surface area (Å²) in [5.41, 5.74) is 0.963. The molecule has 26 heavy (non-hydrogen) atoms. The van der Waals surface area contributed by atoms with Crippen molar-refractivity contribution in [2.45, 2.75) is 36.5 Å². The number of sulfonamides is 1. The molecule has 0 saturated heterocycles. The first-order valence-corrected chi connectivity index (χ1v) is 10.1. The summed E-state index contributed by atoms with van der Waals surface area (Å²) in [5, 5.41) is 9.54. The summed E-state index contributed by atoms with van der Waals surface area (Å²) in [6.45, 7) is 1.86. The van der Waals surface area contributed by atoms with E-state index in [4.69, 9.17) is 16.9 Å². The van der Waals surface area contributed by atoms with Crippen LogP contribution in [0.25, 0.3) is 0 Å². The SMILES string of the molecule is CCC1(C(=O)NS(=O)(=O)c2cccc(C#N)c2)CCc2c(Cl)cccc21. The number of fused-ring (bicyclic) bond motifs is 1. The number of hydrogen-bond acceptors (Lipinski definition) is 4. The van der Waals surface area contributed by atoms with E-state index in [1.54, 1.807) is 12.1 Å². The molecular formula is C19H17ClN2O3S. The molecule has 0 saturated carbocycles. The molecule has 134 valence electrons. The number of nitrogens with zero attached hydrogens (tertiary/aromatic N) is 1. The van der Waals surface area contributed by atoms with Gasteiger partial charge in [0.05, 0.1) is 21.9 Å². The zero-order valence-electron chi connectivity index (χ0n) is 14.1. The number of rotatable bonds is 4. The molecule has 0 radical (unpaired) electrons.